The van der Waals surface area contributed by atoms with Gasteiger partial charge in [0.05, 0.1) is 6.10 Å². The number of aliphatic hydroxyl groups excluding tert-OH is 1. The number of ether oxygens (including phenoxy) is 4. The predicted molar refractivity (Wildman–Crippen MR) is 116 cm³/mol. The van der Waals surface area contributed by atoms with Crippen LogP contribution < -0.4 is 5.90 Å². The summed E-state index contributed by atoms with van der Waals surface area (Å²) in [6.07, 6.45) is 8.46. The van der Waals surface area contributed by atoms with E-state index in [1.807, 2.05) is 25.2 Å². The summed E-state index contributed by atoms with van der Waals surface area (Å²) in [5.41, 5.74) is -2.24. The van der Waals surface area contributed by atoms with Crippen molar-refractivity contribution in [3.05, 3.63) is 35.6 Å². The number of alkyl halides is 1. The molecule has 6 rings (SSSR count). The first-order valence-corrected chi connectivity index (χ1v) is 12.0. The van der Waals surface area contributed by atoms with Crippen molar-refractivity contribution >= 4 is 0 Å². The average Bonchev–Trinajstić information content (AvgIpc) is 3.46. The Labute approximate surface area is 193 Å². The van der Waals surface area contributed by atoms with Gasteiger partial charge in [-0.05, 0) is 44.4 Å². The van der Waals surface area contributed by atoms with Gasteiger partial charge < -0.3 is 28.9 Å². The van der Waals surface area contributed by atoms with Gasteiger partial charge in [-0.1, -0.05) is 37.6 Å². The fourth-order valence-electron chi connectivity index (χ4n) is 8.93. The first-order chi connectivity index (χ1) is 15.7. The van der Waals surface area contributed by atoms with E-state index in [4.69, 9.17) is 24.8 Å². The Morgan fingerprint density at radius 2 is 2.00 bits per heavy atom. The van der Waals surface area contributed by atoms with Crippen molar-refractivity contribution in [1.82, 2.24) is 0 Å². The number of hydrogen-bond donors (Lipinski definition) is 2. The number of fused-ring (bicyclic) bond motifs is 7. The Morgan fingerprint density at radius 3 is 2.73 bits per heavy atom. The van der Waals surface area contributed by atoms with Gasteiger partial charge in [-0.15, -0.1) is 0 Å². The quantitative estimate of drug-likeness (QED) is 0.456. The van der Waals surface area contributed by atoms with Gasteiger partial charge in [0.1, 0.15) is 18.5 Å². The molecule has 5 fully saturated rings. The van der Waals surface area contributed by atoms with Crippen molar-refractivity contribution in [1.29, 1.82) is 0 Å². The van der Waals surface area contributed by atoms with Gasteiger partial charge in [0.15, 0.2) is 19.3 Å². The van der Waals surface area contributed by atoms with Crippen molar-refractivity contribution in [3.63, 3.8) is 0 Å². The number of nitrogens with two attached hydrogens (primary N) is 1. The molecule has 7 nitrogen and oxygen atoms in total. The van der Waals surface area contributed by atoms with Gasteiger partial charge in [-0.3, -0.25) is 0 Å². The van der Waals surface area contributed by atoms with Gasteiger partial charge in [0, 0.05) is 22.3 Å². The molecule has 0 amide bonds. The summed E-state index contributed by atoms with van der Waals surface area (Å²) in [6, 6.07) is 0. The van der Waals surface area contributed by atoms with Crippen molar-refractivity contribution in [2.75, 3.05) is 20.2 Å². The van der Waals surface area contributed by atoms with Crippen molar-refractivity contribution in [2.45, 2.75) is 69.6 Å². The molecule has 6 aliphatic rings. The van der Waals surface area contributed by atoms with Crippen LogP contribution in [-0.4, -0.2) is 48.5 Å². The fraction of sp³-hybridized carbons (Fsp3) is 0.760. The molecule has 182 valence electrons. The van der Waals surface area contributed by atoms with Crippen LogP contribution in [0.3, 0.4) is 0 Å². The van der Waals surface area contributed by atoms with Crippen molar-refractivity contribution in [3.8, 4) is 0 Å². The van der Waals surface area contributed by atoms with E-state index < -0.39 is 34.0 Å². The van der Waals surface area contributed by atoms with Crippen LogP contribution >= 0.6 is 0 Å². The van der Waals surface area contributed by atoms with E-state index in [-0.39, 0.29) is 44.4 Å². The SMILES string of the molecule is C[C@H]1C[C@H]2[C@@H]3CCC4=C/C(=C/ON)C=C[C@]4(C)[C@@]3(F)[C@@H](O)C[C@]2(C)[C@]12OCOC21COCO1. The standard InChI is InChI=1S/C25H34FNO6/c1-15-8-19-18-5-4-17-9-16(11-33-27)6-7-21(17,2)24(18,26)20(28)10-22(19,3)25(15)23(31-14-32-25)12-29-13-30-23/h6-7,9,11,15,18-20,28H,4-5,8,10,12-14,27H2,1-3H3/b16-11+/t15-,18-,19-,20-,21-,22-,23?,24-,25+/m0/s1. The Morgan fingerprint density at radius 1 is 1.21 bits per heavy atom. The second kappa shape index (κ2) is 6.89. The number of rotatable bonds is 1. The van der Waals surface area contributed by atoms with Crippen LogP contribution in [0.1, 0.15) is 46.5 Å². The lowest BCUT2D eigenvalue weighted by Gasteiger charge is -2.63. The smallest absolute Gasteiger partial charge is 0.227 e. The molecule has 4 aliphatic carbocycles. The third-order valence-electron chi connectivity index (χ3n) is 10.2. The third-order valence-corrected chi connectivity index (χ3v) is 10.2. The summed E-state index contributed by atoms with van der Waals surface area (Å²) >= 11 is 0. The zero-order chi connectivity index (χ0) is 23.3. The van der Waals surface area contributed by atoms with Crippen molar-refractivity contribution < 1.29 is 33.3 Å². The first-order valence-electron chi connectivity index (χ1n) is 12.0. The van der Waals surface area contributed by atoms with E-state index in [2.05, 4.69) is 18.7 Å². The van der Waals surface area contributed by atoms with E-state index in [9.17, 15) is 5.11 Å². The second-order valence-electron chi connectivity index (χ2n) is 11.3. The summed E-state index contributed by atoms with van der Waals surface area (Å²) in [6.45, 7) is 6.76. The van der Waals surface area contributed by atoms with Crippen LogP contribution in [0.25, 0.3) is 0 Å². The fourth-order valence-corrected chi connectivity index (χ4v) is 8.93. The molecule has 0 radical (unpaired) electrons. The third kappa shape index (κ3) is 2.35. The maximum Gasteiger partial charge on any atom is 0.227 e. The van der Waals surface area contributed by atoms with Gasteiger partial charge in [0.25, 0.3) is 0 Å². The molecule has 8 heteroatoms. The molecule has 0 aromatic carbocycles. The molecule has 3 saturated carbocycles. The molecule has 2 saturated heterocycles. The maximum atomic E-state index is 17.5. The lowest BCUT2D eigenvalue weighted by molar-refractivity contribution is -0.277. The van der Waals surface area contributed by atoms with Gasteiger partial charge >= 0.3 is 0 Å². The van der Waals surface area contributed by atoms with E-state index in [1.165, 1.54) is 6.26 Å². The topological polar surface area (TPSA) is 92.4 Å². The molecule has 33 heavy (non-hydrogen) atoms. The Kier molecular flexibility index (Phi) is 4.64. The van der Waals surface area contributed by atoms with E-state index in [1.54, 1.807) is 0 Å². The minimum atomic E-state index is -1.79. The molecular formula is C25H34FNO6. The molecule has 1 unspecified atom stereocenters. The molecule has 0 bridgehead atoms. The Balaban J connectivity index is 1.44. The summed E-state index contributed by atoms with van der Waals surface area (Å²) in [4.78, 5) is 4.68. The van der Waals surface area contributed by atoms with Crippen LogP contribution in [0, 0.1) is 28.6 Å². The first kappa shape index (κ1) is 22.2. The highest BCUT2D eigenvalue weighted by Gasteiger charge is 2.81. The zero-order valence-electron chi connectivity index (χ0n) is 19.5. The largest absolute Gasteiger partial charge is 0.419 e. The van der Waals surface area contributed by atoms with Gasteiger partial charge in [-0.25, -0.2) is 4.39 Å². The normalized spacial score (nSPS) is 56.2. The van der Waals surface area contributed by atoms with Crippen LogP contribution in [0.5, 0.6) is 0 Å². The number of halogens is 1. The second-order valence-corrected chi connectivity index (χ2v) is 11.3. The molecule has 2 heterocycles. The molecule has 0 aromatic heterocycles. The number of hydrogen-bond acceptors (Lipinski definition) is 7. The highest BCUT2D eigenvalue weighted by molar-refractivity contribution is 5.47. The molecule has 2 spiro atoms. The van der Waals surface area contributed by atoms with Crippen molar-refractivity contribution in [2.24, 2.45) is 34.5 Å². The predicted octanol–water partition coefficient (Wildman–Crippen LogP) is 3.25. The Hall–Kier alpha value is -1.29. The molecule has 9 atom stereocenters. The van der Waals surface area contributed by atoms with E-state index >= 15 is 4.39 Å². The highest BCUT2D eigenvalue weighted by Crippen LogP contribution is 2.74. The number of allylic oxidation sites excluding steroid dienone is 5. The van der Waals surface area contributed by atoms with Crippen LogP contribution in [-0.2, 0) is 23.8 Å². The zero-order valence-corrected chi connectivity index (χ0v) is 19.5. The molecular weight excluding hydrogens is 429 g/mol. The van der Waals surface area contributed by atoms with E-state index in [0.717, 1.165) is 24.0 Å². The van der Waals surface area contributed by atoms with E-state index in [0.29, 0.717) is 6.42 Å². The summed E-state index contributed by atoms with van der Waals surface area (Å²) in [7, 11) is 0. The molecule has 2 aliphatic heterocycles. The minimum absolute atomic E-state index is 0.0137. The summed E-state index contributed by atoms with van der Waals surface area (Å²) < 4.78 is 41.7. The summed E-state index contributed by atoms with van der Waals surface area (Å²) in [5, 5.41) is 11.6. The maximum absolute atomic E-state index is 17.5. The van der Waals surface area contributed by atoms with Gasteiger partial charge in [0.2, 0.25) is 5.79 Å². The van der Waals surface area contributed by atoms with Gasteiger partial charge in [-0.2, -0.15) is 5.90 Å². The lowest BCUT2D eigenvalue weighted by atomic mass is 9.44. The van der Waals surface area contributed by atoms with Crippen LogP contribution in [0.4, 0.5) is 4.39 Å². The number of aliphatic hydroxyl groups is 1. The van der Waals surface area contributed by atoms with Crippen LogP contribution in [0.2, 0.25) is 0 Å². The van der Waals surface area contributed by atoms with Crippen LogP contribution in [0.15, 0.2) is 35.6 Å². The summed E-state index contributed by atoms with van der Waals surface area (Å²) in [5.74, 6) is 3.96. The average molecular weight is 464 g/mol. The lowest BCUT2D eigenvalue weighted by Crippen LogP contribution is -2.71. The Bertz CT molecular complexity index is 940. The molecule has 3 N–H and O–H groups in total. The highest BCUT2D eigenvalue weighted by atomic mass is 19.1. The molecule has 0 aromatic rings. The minimum Gasteiger partial charge on any atom is -0.419 e. The monoisotopic (exact) mass is 463 g/mol.